The average Bonchev–Trinajstić information content (AvgIpc) is 3.85. The number of fused-ring (bicyclic) bond motifs is 9. The smallest absolute Gasteiger partial charge is 0.138 e. The number of nitrogens with one attached hydrogen (secondary N) is 1. The largest absolute Gasteiger partial charge is 0.456 e. The molecule has 13 rings (SSSR count). The second-order valence-corrected chi connectivity index (χ2v) is 16.0. The summed E-state index contributed by atoms with van der Waals surface area (Å²) < 4.78 is 11.7. The van der Waals surface area contributed by atoms with Gasteiger partial charge in [-0.05, 0) is 70.6 Å². The quantitative estimate of drug-likeness (QED) is 0.189. The summed E-state index contributed by atoms with van der Waals surface area (Å²) in [7, 11) is 0. The molecule has 0 saturated carbocycles. The molecule has 61 heavy (non-hydrogen) atoms. The van der Waals surface area contributed by atoms with Gasteiger partial charge in [0.1, 0.15) is 23.5 Å². The lowest BCUT2D eigenvalue weighted by atomic mass is 9.90. The van der Waals surface area contributed by atoms with Crippen LogP contribution in [0.1, 0.15) is 17.3 Å². The van der Waals surface area contributed by atoms with E-state index in [2.05, 4.69) is 215 Å². The minimum Gasteiger partial charge on any atom is -0.456 e. The molecular weight excluding hydrogens is 745 g/mol. The highest BCUT2D eigenvalue weighted by Crippen LogP contribution is 2.51. The van der Waals surface area contributed by atoms with Crippen LogP contribution in [0.3, 0.4) is 0 Å². The van der Waals surface area contributed by atoms with E-state index in [1.165, 1.54) is 38.0 Å². The first kappa shape index (κ1) is 33.8. The second-order valence-electron chi connectivity index (χ2n) is 16.0. The molecule has 2 aromatic heterocycles. The molecule has 0 radical (unpaired) electrons. The van der Waals surface area contributed by atoms with E-state index >= 15 is 0 Å². The first-order chi connectivity index (χ1) is 30.2. The molecule has 0 aliphatic carbocycles. The van der Waals surface area contributed by atoms with Gasteiger partial charge in [-0.25, -0.2) is 4.99 Å². The second kappa shape index (κ2) is 13.2. The van der Waals surface area contributed by atoms with Crippen LogP contribution in [0, 0.1) is 0 Å². The molecule has 0 spiro atoms. The standard InChI is InChI=1S/C56H36N4O/c1-4-15-35(16-5-1)46-33-53(58-56(57-46)36-17-6-2-7-18-36)60-47-25-12-10-21-40(47)41-29-27-38(32-49(41)60)37-28-30-51-45(31-37)42-23-14-24-44-54-43-22-11-13-26-48(43)59(39-19-8-3-9-20-39)50(54)34-52(61-51)55(42)44/h1-34,53H,(H,57,58). The molecule has 5 nitrogen and oxygen atoms in total. The van der Waals surface area contributed by atoms with Crippen LogP contribution in [0.5, 0.6) is 11.5 Å². The molecular formula is C56H36N4O. The Morgan fingerprint density at radius 1 is 0.426 bits per heavy atom. The molecule has 2 aliphatic heterocycles. The zero-order valence-corrected chi connectivity index (χ0v) is 33.0. The Morgan fingerprint density at radius 3 is 1.90 bits per heavy atom. The van der Waals surface area contributed by atoms with Crippen LogP contribution >= 0.6 is 0 Å². The topological polar surface area (TPSA) is 43.5 Å². The third-order valence-electron chi connectivity index (χ3n) is 12.5. The molecule has 286 valence electrons. The molecule has 5 heteroatoms. The Hall–Kier alpha value is -8.15. The summed E-state index contributed by atoms with van der Waals surface area (Å²) >= 11 is 0. The van der Waals surface area contributed by atoms with Gasteiger partial charge in [-0.1, -0.05) is 152 Å². The van der Waals surface area contributed by atoms with Crippen LogP contribution in [0.4, 0.5) is 0 Å². The van der Waals surface area contributed by atoms with E-state index in [1.54, 1.807) is 0 Å². The van der Waals surface area contributed by atoms with Gasteiger partial charge >= 0.3 is 0 Å². The van der Waals surface area contributed by atoms with E-state index in [4.69, 9.17) is 9.73 Å². The molecule has 0 saturated heterocycles. The average molecular weight is 781 g/mol. The first-order valence-corrected chi connectivity index (χ1v) is 20.8. The van der Waals surface area contributed by atoms with Crippen LogP contribution in [0.25, 0.3) is 88.0 Å². The molecule has 0 fully saturated rings. The molecule has 0 bridgehead atoms. The lowest BCUT2D eigenvalue weighted by Gasteiger charge is -2.27. The number of hydrogen-bond acceptors (Lipinski definition) is 3. The maximum atomic E-state index is 6.89. The van der Waals surface area contributed by atoms with Gasteiger partial charge in [0.25, 0.3) is 0 Å². The fraction of sp³-hybridized carbons (Fsp3) is 0.0179. The van der Waals surface area contributed by atoms with Gasteiger partial charge < -0.3 is 19.2 Å². The van der Waals surface area contributed by atoms with Crippen molar-refractivity contribution < 1.29 is 4.74 Å². The van der Waals surface area contributed by atoms with Gasteiger partial charge in [0.15, 0.2) is 0 Å². The van der Waals surface area contributed by atoms with Crippen molar-refractivity contribution in [3.8, 4) is 39.4 Å². The van der Waals surface area contributed by atoms with Crippen LogP contribution in [-0.4, -0.2) is 15.0 Å². The van der Waals surface area contributed by atoms with Gasteiger partial charge in [-0.2, -0.15) is 0 Å². The van der Waals surface area contributed by atoms with Gasteiger partial charge in [0.2, 0.25) is 0 Å². The number of aromatic nitrogens is 2. The lowest BCUT2D eigenvalue weighted by molar-refractivity contribution is 0.487. The zero-order valence-electron chi connectivity index (χ0n) is 33.0. The highest BCUT2D eigenvalue weighted by atomic mass is 16.5. The van der Waals surface area contributed by atoms with Crippen LogP contribution in [0.2, 0.25) is 0 Å². The maximum absolute atomic E-state index is 6.89. The predicted octanol–water partition coefficient (Wildman–Crippen LogP) is 14.1. The van der Waals surface area contributed by atoms with Crippen LogP contribution in [-0.2, 0) is 0 Å². The van der Waals surface area contributed by atoms with Crippen molar-refractivity contribution in [3.63, 3.8) is 0 Å². The van der Waals surface area contributed by atoms with Crippen molar-refractivity contribution in [3.05, 3.63) is 217 Å². The highest BCUT2D eigenvalue weighted by molar-refractivity contribution is 6.25. The number of rotatable bonds is 5. The molecule has 2 aliphatic rings. The van der Waals surface area contributed by atoms with Crippen LogP contribution in [0.15, 0.2) is 211 Å². The van der Waals surface area contributed by atoms with E-state index in [0.717, 1.165) is 78.5 Å². The van der Waals surface area contributed by atoms with Crippen molar-refractivity contribution in [1.82, 2.24) is 14.5 Å². The highest BCUT2D eigenvalue weighted by Gasteiger charge is 2.27. The number of amidine groups is 1. The number of ether oxygens (including phenoxy) is 1. The third kappa shape index (κ3) is 5.17. The van der Waals surface area contributed by atoms with Crippen LogP contribution < -0.4 is 10.1 Å². The Kier molecular flexibility index (Phi) is 7.30. The van der Waals surface area contributed by atoms with E-state index in [9.17, 15) is 0 Å². The summed E-state index contributed by atoms with van der Waals surface area (Å²) in [5.74, 6) is 2.59. The Labute approximate surface area is 351 Å². The minimum absolute atomic E-state index is 0.198. The van der Waals surface area contributed by atoms with Crippen molar-refractivity contribution in [2.45, 2.75) is 6.17 Å². The fourth-order valence-corrected chi connectivity index (χ4v) is 9.84. The minimum atomic E-state index is -0.198. The van der Waals surface area contributed by atoms with Gasteiger partial charge in [-0.3, -0.25) is 0 Å². The van der Waals surface area contributed by atoms with Gasteiger partial charge in [0.05, 0.1) is 27.8 Å². The van der Waals surface area contributed by atoms with E-state index < -0.39 is 0 Å². The third-order valence-corrected chi connectivity index (χ3v) is 12.5. The normalized spacial score (nSPS) is 14.5. The number of hydrogen-bond donors (Lipinski definition) is 1. The zero-order chi connectivity index (χ0) is 40.0. The Morgan fingerprint density at radius 2 is 1.08 bits per heavy atom. The predicted molar refractivity (Wildman–Crippen MR) is 252 cm³/mol. The van der Waals surface area contributed by atoms with E-state index in [1.807, 2.05) is 6.07 Å². The summed E-state index contributed by atoms with van der Waals surface area (Å²) in [6.07, 6.45) is 2.05. The van der Waals surface area contributed by atoms with Crippen molar-refractivity contribution >= 4 is 65.9 Å². The fourth-order valence-electron chi connectivity index (χ4n) is 9.84. The SMILES string of the molecule is C1=C(c2ccccc2)N=C(c2ccccc2)NC1n1c2ccccc2c2ccc(-c3ccc4c(c3)-c3cccc5c3c(cc3c5c5ccccc5n3-c3ccccc3)O4)cc21. The maximum Gasteiger partial charge on any atom is 0.138 e. The summed E-state index contributed by atoms with van der Waals surface area (Å²) in [4.78, 5) is 5.17. The molecule has 9 aromatic carbocycles. The van der Waals surface area contributed by atoms with Crippen molar-refractivity contribution in [2.24, 2.45) is 4.99 Å². The molecule has 11 aromatic rings. The summed E-state index contributed by atoms with van der Waals surface area (Å²) in [6, 6.07) is 71.4. The molecule has 1 N–H and O–H groups in total. The number of nitrogens with zero attached hydrogens (tertiary/aromatic N) is 3. The Balaban J connectivity index is 0.975. The Bertz CT molecular complexity index is 3640. The van der Waals surface area contributed by atoms with E-state index in [-0.39, 0.29) is 6.17 Å². The molecule has 1 atom stereocenters. The lowest BCUT2D eigenvalue weighted by Crippen LogP contribution is -2.34. The monoisotopic (exact) mass is 780 g/mol. The molecule has 0 amide bonds. The molecule has 1 unspecified atom stereocenters. The first-order valence-electron chi connectivity index (χ1n) is 20.8. The summed E-state index contributed by atoms with van der Waals surface area (Å²) in [5.41, 5.74) is 13.4. The molecule has 4 heterocycles. The summed E-state index contributed by atoms with van der Waals surface area (Å²) in [5, 5.41) is 11.1. The van der Waals surface area contributed by atoms with Crippen molar-refractivity contribution in [2.75, 3.05) is 0 Å². The van der Waals surface area contributed by atoms with Crippen molar-refractivity contribution in [1.29, 1.82) is 0 Å². The van der Waals surface area contributed by atoms with Gasteiger partial charge in [0, 0.05) is 55.4 Å². The number of para-hydroxylation sites is 3. The number of aliphatic imine (C=N–C) groups is 1. The summed E-state index contributed by atoms with van der Waals surface area (Å²) in [6.45, 7) is 0. The van der Waals surface area contributed by atoms with E-state index in [0.29, 0.717) is 0 Å². The van der Waals surface area contributed by atoms with Gasteiger partial charge in [-0.15, -0.1) is 0 Å². The number of benzene rings is 9.